The topological polar surface area (TPSA) is 76.0 Å². The Morgan fingerprint density at radius 1 is 1.24 bits per heavy atom. The summed E-state index contributed by atoms with van der Waals surface area (Å²) in [6, 6.07) is 4.82. The van der Waals surface area contributed by atoms with Crippen molar-refractivity contribution in [3.63, 3.8) is 0 Å². The highest BCUT2D eigenvalue weighted by atomic mass is 16.5. The van der Waals surface area contributed by atoms with Gasteiger partial charge in [-0.3, -0.25) is 4.79 Å². The zero-order chi connectivity index (χ0) is 13.0. The van der Waals surface area contributed by atoms with Crippen LogP contribution in [-0.4, -0.2) is 30.4 Å². The molecule has 17 heavy (non-hydrogen) atoms. The maximum atomic E-state index is 10.8. The molecular weight excluding hydrogens is 224 g/mol. The number of aliphatic hydroxyl groups is 1. The number of aliphatic carboxylic acids is 1. The van der Waals surface area contributed by atoms with Gasteiger partial charge in [0, 0.05) is 0 Å². The third kappa shape index (κ3) is 2.88. The minimum atomic E-state index is -1.08. The number of aliphatic hydroxyl groups excluding tert-OH is 1. The Balaban J connectivity index is 3.03. The van der Waals surface area contributed by atoms with Crippen molar-refractivity contribution in [3.8, 4) is 11.5 Å². The standard InChI is InChI=1S/C12H16O5/c1-7(12(14)15)11(13)8-4-5-9(16-2)10(6-8)17-3/h4-7,11,13H,1-3H3,(H,14,15)/t7-,11-/m0/s1. The molecule has 0 spiro atoms. The molecule has 2 atom stereocenters. The van der Waals surface area contributed by atoms with Crippen LogP contribution in [0.5, 0.6) is 11.5 Å². The highest BCUT2D eigenvalue weighted by molar-refractivity contribution is 5.70. The van der Waals surface area contributed by atoms with Crippen LogP contribution >= 0.6 is 0 Å². The number of methoxy groups -OCH3 is 2. The van der Waals surface area contributed by atoms with Gasteiger partial charge in [0.25, 0.3) is 0 Å². The summed E-state index contributed by atoms with van der Waals surface area (Å²) in [4.78, 5) is 10.8. The molecule has 0 saturated heterocycles. The van der Waals surface area contributed by atoms with E-state index in [4.69, 9.17) is 14.6 Å². The van der Waals surface area contributed by atoms with E-state index in [9.17, 15) is 9.90 Å². The summed E-state index contributed by atoms with van der Waals surface area (Å²) in [7, 11) is 2.99. The van der Waals surface area contributed by atoms with Gasteiger partial charge in [-0.2, -0.15) is 0 Å². The van der Waals surface area contributed by atoms with Crippen LogP contribution in [0.15, 0.2) is 18.2 Å². The Hall–Kier alpha value is -1.75. The van der Waals surface area contributed by atoms with Gasteiger partial charge >= 0.3 is 5.97 Å². The number of benzene rings is 1. The lowest BCUT2D eigenvalue weighted by atomic mass is 9.97. The highest BCUT2D eigenvalue weighted by Gasteiger charge is 2.23. The predicted octanol–water partition coefficient (Wildman–Crippen LogP) is 1.46. The van der Waals surface area contributed by atoms with E-state index in [1.54, 1.807) is 18.2 Å². The van der Waals surface area contributed by atoms with E-state index >= 15 is 0 Å². The summed E-state index contributed by atoms with van der Waals surface area (Å²) in [5, 5.41) is 18.7. The van der Waals surface area contributed by atoms with E-state index < -0.39 is 18.0 Å². The number of carboxylic acids is 1. The van der Waals surface area contributed by atoms with Gasteiger partial charge in [-0.25, -0.2) is 0 Å². The summed E-state index contributed by atoms with van der Waals surface area (Å²) in [5.41, 5.74) is 0.484. The molecule has 0 heterocycles. The van der Waals surface area contributed by atoms with Crippen LogP contribution in [0.2, 0.25) is 0 Å². The number of hydrogen-bond acceptors (Lipinski definition) is 4. The molecular formula is C12H16O5. The third-order valence-electron chi connectivity index (χ3n) is 2.61. The molecule has 0 aliphatic rings. The molecule has 94 valence electrons. The van der Waals surface area contributed by atoms with Crippen molar-refractivity contribution in [1.29, 1.82) is 0 Å². The zero-order valence-corrected chi connectivity index (χ0v) is 10.0. The fourth-order valence-corrected chi connectivity index (χ4v) is 1.46. The Morgan fingerprint density at radius 2 is 1.82 bits per heavy atom. The fraction of sp³-hybridized carbons (Fsp3) is 0.417. The van der Waals surface area contributed by atoms with Gasteiger partial charge in [-0.05, 0) is 24.6 Å². The zero-order valence-electron chi connectivity index (χ0n) is 10.0. The maximum Gasteiger partial charge on any atom is 0.309 e. The lowest BCUT2D eigenvalue weighted by molar-refractivity contribution is -0.145. The van der Waals surface area contributed by atoms with Gasteiger partial charge in [0.2, 0.25) is 0 Å². The quantitative estimate of drug-likeness (QED) is 0.814. The van der Waals surface area contributed by atoms with E-state index in [-0.39, 0.29) is 0 Å². The van der Waals surface area contributed by atoms with E-state index in [0.717, 1.165) is 0 Å². The lowest BCUT2D eigenvalue weighted by Crippen LogP contribution is -2.18. The number of rotatable bonds is 5. The summed E-state index contributed by atoms with van der Waals surface area (Å²) in [6.45, 7) is 1.45. The molecule has 0 aromatic heterocycles. The number of ether oxygens (including phenoxy) is 2. The number of hydrogen-bond donors (Lipinski definition) is 2. The van der Waals surface area contributed by atoms with Crippen LogP contribution in [0.3, 0.4) is 0 Å². The van der Waals surface area contributed by atoms with Crippen molar-refractivity contribution in [2.24, 2.45) is 5.92 Å². The minimum absolute atomic E-state index is 0.460. The van der Waals surface area contributed by atoms with Gasteiger partial charge in [0.1, 0.15) is 0 Å². The molecule has 0 bridgehead atoms. The third-order valence-corrected chi connectivity index (χ3v) is 2.61. The van der Waals surface area contributed by atoms with Gasteiger partial charge in [-0.1, -0.05) is 6.07 Å². The van der Waals surface area contributed by atoms with Gasteiger partial charge < -0.3 is 19.7 Å². The smallest absolute Gasteiger partial charge is 0.309 e. The molecule has 5 heteroatoms. The van der Waals surface area contributed by atoms with Crippen molar-refractivity contribution in [2.75, 3.05) is 14.2 Å². The van der Waals surface area contributed by atoms with Crippen molar-refractivity contribution < 1.29 is 24.5 Å². The summed E-state index contributed by atoms with van der Waals surface area (Å²) in [6.07, 6.45) is -1.08. The molecule has 0 amide bonds. The molecule has 0 aliphatic carbocycles. The fourth-order valence-electron chi connectivity index (χ4n) is 1.46. The molecule has 0 saturated carbocycles. The van der Waals surface area contributed by atoms with Crippen LogP contribution in [-0.2, 0) is 4.79 Å². The first-order valence-corrected chi connectivity index (χ1v) is 5.14. The Labute approximate surface area is 99.6 Å². The van der Waals surface area contributed by atoms with Crippen LogP contribution < -0.4 is 9.47 Å². The second kappa shape index (κ2) is 5.54. The molecule has 1 aromatic carbocycles. The monoisotopic (exact) mass is 240 g/mol. The largest absolute Gasteiger partial charge is 0.493 e. The van der Waals surface area contributed by atoms with Crippen LogP contribution in [0.1, 0.15) is 18.6 Å². The minimum Gasteiger partial charge on any atom is -0.493 e. The molecule has 1 rings (SSSR count). The Morgan fingerprint density at radius 3 is 2.29 bits per heavy atom. The first-order chi connectivity index (χ1) is 8.01. The second-order valence-electron chi connectivity index (χ2n) is 3.69. The number of carboxylic acid groups (broad SMARTS) is 1. The molecule has 0 fully saturated rings. The molecule has 0 aliphatic heterocycles. The first kappa shape index (κ1) is 13.3. The van der Waals surface area contributed by atoms with Crippen molar-refractivity contribution in [2.45, 2.75) is 13.0 Å². The molecule has 5 nitrogen and oxygen atoms in total. The van der Waals surface area contributed by atoms with Gasteiger partial charge in [0.05, 0.1) is 26.2 Å². The van der Waals surface area contributed by atoms with Gasteiger partial charge in [-0.15, -0.1) is 0 Å². The molecule has 0 unspecified atom stereocenters. The van der Waals surface area contributed by atoms with Crippen molar-refractivity contribution >= 4 is 5.97 Å². The van der Waals surface area contributed by atoms with Crippen LogP contribution in [0.4, 0.5) is 0 Å². The van der Waals surface area contributed by atoms with E-state index in [1.165, 1.54) is 21.1 Å². The average molecular weight is 240 g/mol. The number of carbonyl (C=O) groups is 1. The SMILES string of the molecule is COc1ccc([C@@H](O)[C@H](C)C(=O)O)cc1OC. The molecule has 2 N–H and O–H groups in total. The van der Waals surface area contributed by atoms with E-state index in [1.807, 2.05) is 0 Å². The Bertz CT molecular complexity index is 402. The summed E-state index contributed by atoms with van der Waals surface area (Å²) < 4.78 is 10.1. The predicted molar refractivity (Wildman–Crippen MR) is 61.3 cm³/mol. The molecule has 0 radical (unpaired) electrons. The van der Waals surface area contributed by atoms with Crippen LogP contribution in [0, 0.1) is 5.92 Å². The summed E-state index contributed by atoms with van der Waals surface area (Å²) >= 11 is 0. The maximum absolute atomic E-state index is 10.8. The first-order valence-electron chi connectivity index (χ1n) is 5.14. The Kier molecular flexibility index (Phi) is 4.34. The normalized spacial score (nSPS) is 13.9. The van der Waals surface area contributed by atoms with Crippen molar-refractivity contribution in [1.82, 2.24) is 0 Å². The second-order valence-corrected chi connectivity index (χ2v) is 3.69. The van der Waals surface area contributed by atoms with Crippen molar-refractivity contribution in [3.05, 3.63) is 23.8 Å². The van der Waals surface area contributed by atoms with Crippen LogP contribution in [0.25, 0.3) is 0 Å². The highest BCUT2D eigenvalue weighted by Crippen LogP contribution is 2.32. The lowest BCUT2D eigenvalue weighted by Gasteiger charge is -2.17. The van der Waals surface area contributed by atoms with E-state index in [0.29, 0.717) is 17.1 Å². The summed E-state index contributed by atoms with van der Waals surface area (Å²) in [5.74, 6) is -0.937. The average Bonchev–Trinajstić information content (AvgIpc) is 2.35. The van der Waals surface area contributed by atoms with Gasteiger partial charge in [0.15, 0.2) is 11.5 Å². The molecule has 1 aromatic rings. The van der Waals surface area contributed by atoms with E-state index in [2.05, 4.69) is 0 Å².